The number of fused-ring (bicyclic) bond motifs is 1. The molecule has 0 bridgehead atoms. The maximum atomic E-state index is 13.1. The Morgan fingerprint density at radius 1 is 1.07 bits per heavy atom. The highest BCUT2D eigenvalue weighted by atomic mass is 35.5. The van der Waals surface area contributed by atoms with Gasteiger partial charge in [-0.1, -0.05) is 38.1 Å². The molecule has 7 heteroatoms. The zero-order chi connectivity index (χ0) is 19.2. The van der Waals surface area contributed by atoms with E-state index in [1.165, 1.54) is 6.07 Å². The smallest absolute Gasteiger partial charge is 0.269 e. The van der Waals surface area contributed by atoms with Crippen molar-refractivity contribution < 1.29 is 9.72 Å². The number of anilines is 2. The molecule has 0 amide bonds. The maximum Gasteiger partial charge on any atom is 0.269 e. The summed E-state index contributed by atoms with van der Waals surface area (Å²) in [7, 11) is 0. The Morgan fingerprint density at radius 3 is 2.50 bits per heavy atom. The van der Waals surface area contributed by atoms with E-state index >= 15 is 0 Å². The van der Waals surface area contributed by atoms with Crippen LogP contribution in [0.2, 0.25) is 0 Å². The van der Waals surface area contributed by atoms with Gasteiger partial charge in [0, 0.05) is 29.8 Å². The number of hydrogen-bond donors (Lipinski definition) is 2. The van der Waals surface area contributed by atoms with E-state index < -0.39 is 11.0 Å². The largest absolute Gasteiger partial charge is 0.372 e. The van der Waals surface area contributed by atoms with Crippen LogP contribution in [-0.2, 0) is 4.79 Å². The lowest BCUT2D eigenvalue weighted by atomic mass is 9.73. The summed E-state index contributed by atoms with van der Waals surface area (Å²) in [6, 6.07) is 13.9. The summed E-state index contributed by atoms with van der Waals surface area (Å²) in [5.74, 6) is 0.0746. The summed E-state index contributed by atoms with van der Waals surface area (Å²) in [6.45, 7) is 4.17. The molecule has 1 atom stereocenters. The Balaban J connectivity index is 0.00000225. The molecule has 4 rings (SSSR count). The molecule has 0 fully saturated rings. The lowest BCUT2D eigenvalue weighted by molar-refractivity contribution is -0.384. The van der Waals surface area contributed by atoms with Crippen LogP contribution in [0.5, 0.6) is 0 Å². The van der Waals surface area contributed by atoms with E-state index in [0.29, 0.717) is 17.6 Å². The predicted molar refractivity (Wildman–Crippen MR) is 112 cm³/mol. The molecule has 1 unspecified atom stereocenters. The number of rotatable bonds is 2. The number of ketones is 1. The van der Waals surface area contributed by atoms with Gasteiger partial charge in [-0.05, 0) is 29.5 Å². The highest BCUT2D eigenvalue weighted by Gasteiger charge is 2.38. The summed E-state index contributed by atoms with van der Waals surface area (Å²) in [6.07, 6.45) is 1.20. The summed E-state index contributed by atoms with van der Waals surface area (Å²) in [5.41, 5.74) is 3.94. The Morgan fingerprint density at radius 2 is 1.79 bits per heavy atom. The summed E-state index contributed by atoms with van der Waals surface area (Å²) in [5, 5.41) is 18.1. The normalized spacial score (nSPS) is 19.9. The van der Waals surface area contributed by atoms with Crippen LogP contribution in [0.3, 0.4) is 0 Å². The molecule has 6 nitrogen and oxygen atoms in total. The van der Waals surface area contributed by atoms with Crippen LogP contribution < -0.4 is 10.6 Å². The number of carbonyl (C=O) groups is 1. The number of para-hydroxylation sites is 2. The third-order valence-corrected chi connectivity index (χ3v) is 5.14. The number of allylic oxidation sites excluding steroid dienone is 1. The molecular formula is C21H22ClN3O3. The number of benzene rings is 2. The molecule has 146 valence electrons. The number of carbonyl (C=O) groups excluding carboxylic acids is 1. The average molecular weight is 400 g/mol. The minimum Gasteiger partial charge on any atom is -0.372 e. The zero-order valence-electron chi connectivity index (χ0n) is 15.7. The van der Waals surface area contributed by atoms with Gasteiger partial charge in [0.1, 0.15) is 0 Å². The van der Waals surface area contributed by atoms with Gasteiger partial charge < -0.3 is 10.6 Å². The third-order valence-electron chi connectivity index (χ3n) is 5.14. The van der Waals surface area contributed by atoms with Crippen molar-refractivity contribution in [2.75, 3.05) is 10.6 Å². The van der Waals surface area contributed by atoms with E-state index in [1.807, 2.05) is 30.3 Å². The van der Waals surface area contributed by atoms with Crippen LogP contribution in [0.25, 0.3) is 0 Å². The highest BCUT2D eigenvalue weighted by molar-refractivity contribution is 6.01. The summed E-state index contributed by atoms with van der Waals surface area (Å²) >= 11 is 0. The lowest BCUT2D eigenvalue weighted by Gasteiger charge is -2.34. The van der Waals surface area contributed by atoms with E-state index in [-0.39, 0.29) is 29.3 Å². The van der Waals surface area contributed by atoms with E-state index in [1.54, 1.807) is 12.1 Å². The van der Waals surface area contributed by atoms with Gasteiger partial charge in [0.25, 0.3) is 5.69 Å². The van der Waals surface area contributed by atoms with Gasteiger partial charge in [-0.15, -0.1) is 12.4 Å². The number of hydrogen-bond acceptors (Lipinski definition) is 5. The Labute approximate surface area is 169 Å². The van der Waals surface area contributed by atoms with E-state index in [9.17, 15) is 14.9 Å². The second-order valence-electron chi connectivity index (χ2n) is 7.93. The standard InChI is InChI=1S/C21H21N3O3.ClH/c1-21(2)11-17-19(18(25)12-21)20(13-6-5-7-14(10-13)24(26)27)23-16-9-4-3-8-15(16)22-17;/h3-10,20,22-23H,11-12H2,1-2H3;1H. The zero-order valence-corrected chi connectivity index (χ0v) is 16.5. The minimum absolute atomic E-state index is 0. The van der Waals surface area contributed by atoms with Crippen molar-refractivity contribution in [1.29, 1.82) is 0 Å². The van der Waals surface area contributed by atoms with Crippen LogP contribution in [0, 0.1) is 15.5 Å². The monoisotopic (exact) mass is 399 g/mol. The third kappa shape index (κ3) is 3.60. The molecule has 2 aromatic carbocycles. The number of non-ortho nitro benzene ring substituents is 1. The maximum absolute atomic E-state index is 13.1. The van der Waals surface area contributed by atoms with Crippen molar-refractivity contribution in [2.24, 2.45) is 5.41 Å². The van der Waals surface area contributed by atoms with Gasteiger partial charge in [0.2, 0.25) is 0 Å². The second-order valence-corrected chi connectivity index (χ2v) is 7.93. The van der Waals surface area contributed by atoms with Crippen LogP contribution >= 0.6 is 12.4 Å². The summed E-state index contributed by atoms with van der Waals surface area (Å²) < 4.78 is 0. The molecule has 1 aliphatic heterocycles. The highest BCUT2D eigenvalue weighted by Crippen LogP contribution is 2.45. The van der Waals surface area contributed by atoms with E-state index in [4.69, 9.17) is 0 Å². The van der Waals surface area contributed by atoms with Crippen molar-refractivity contribution in [1.82, 2.24) is 0 Å². The topological polar surface area (TPSA) is 84.3 Å². The van der Waals surface area contributed by atoms with Gasteiger partial charge in [0.15, 0.2) is 5.78 Å². The van der Waals surface area contributed by atoms with Gasteiger partial charge >= 0.3 is 0 Å². The number of Topliss-reactive ketones (excluding diaryl/α,β-unsaturated/α-hetero) is 1. The SMILES string of the molecule is CC1(C)CC(=O)C2=C(C1)Nc1ccccc1NC2c1cccc([N+](=O)[O-])c1.Cl. The molecule has 2 aromatic rings. The quantitative estimate of drug-likeness (QED) is 0.533. The van der Waals surface area contributed by atoms with E-state index in [2.05, 4.69) is 24.5 Å². The molecule has 0 radical (unpaired) electrons. The van der Waals surface area contributed by atoms with Gasteiger partial charge in [0.05, 0.1) is 22.3 Å². The Hall–Kier alpha value is -2.86. The molecule has 28 heavy (non-hydrogen) atoms. The molecule has 0 saturated carbocycles. The molecule has 1 aliphatic carbocycles. The Kier molecular flexibility index (Phi) is 5.17. The molecule has 0 saturated heterocycles. The number of halogens is 1. The number of nitrogens with one attached hydrogen (secondary N) is 2. The second kappa shape index (κ2) is 7.28. The van der Waals surface area contributed by atoms with Crippen molar-refractivity contribution in [3.05, 3.63) is 75.5 Å². The van der Waals surface area contributed by atoms with Gasteiger partial charge in [-0.25, -0.2) is 0 Å². The van der Waals surface area contributed by atoms with E-state index in [0.717, 1.165) is 23.5 Å². The fraction of sp³-hybridized carbons (Fsp3) is 0.286. The first-order chi connectivity index (χ1) is 12.8. The Bertz CT molecular complexity index is 984. The first-order valence-corrected chi connectivity index (χ1v) is 8.97. The lowest BCUT2D eigenvalue weighted by Crippen LogP contribution is -2.31. The van der Waals surface area contributed by atoms with Gasteiger partial charge in [-0.3, -0.25) is 14.9 Å². The number of nitrogens with zero attached hydrogens (tertiary/aromatic N) is 1. The molecule has 1 heterocycles. The molecule has 0 spiro atoms. The van der Waals surface area contributed by atoms with Crippen molar-refractivity contribution in [3.63, 3.8) is 0 Å². The molecule has 2 N–H and O–H groups in total. The van der Waals surface area contributed by atoms with Crippen LogP contribution in [0.4, 0.5) is 17.1 Å². The van der Waals surface area contributed by atoms with Crippen LogP contribution in [0.15, 0.2) is 59.8 Å². The summed E-state index contributed by atoms with van der Waals surface area (Å²) in [4.78, 5) is 23.9. The molecule has 0 aromatic heterocycles. The first-order valence-electron chi connectivity index (χ1n) is 8.97. The predicted octanol–water partition coefficient (Wildman–Crippen LogP) is 5.24. The number of nitro benzene ring substituents is 1. The number of nitro groups is 1. The molecular weight excluding hydrogens is 378 g/mol. The average Bonchev–Trinajstić information content (AvgIpc) is 2.77. The minimum atomic E-state index is -0.431. The fourth-order valence-corrected chi connectivity index (χ4v) is 3.96. The molecule has 2 aliphatic rings. The van der Waals surface area contributed by atoms with Gasteiger partial charge in [-0.2, -0.15) is 0 Å². The first kappa shape index (κ1) is 19.9. The van der Waals surface area contributed by atoms with Crippen molar-refractivity contribution in [3.8, 4) is 0 Å². The van der Waals surface area contributed by atoms with Crippen molar-refractivity contribution >= 4 is 35.3 Å². The van der Waals surface area contributed by atoms with Crippen LogP contribution in [-0.4, -0.2) is 10.7 Å². The van der Waals surface area contributed by atoms with Crippen molar-refractivity contribution in [2.45, 2.75) is 32.7 Å². The fourth-order valence-electron chi connectivity index (χ4n) is 3.96. The van der Waals surface area contributed by atoms with Crippen LogP contribution in [0.1, 0.15) is 38.3 Å².